The van der Waals surface area contributed by atoms with Crippen molar-refractivity contribution in [3.63, 3.8) is 0 Å². The van der Waals surface area contributed by atoms with Crippen LogP contribution in [0, 0.1) is 0 Å². The van der Waals surface area contributed by atoms with Gasteiger partial charge in [0.2, 0.25) is 0 Å². The van der Waals surface area contributed by atoms with Gasteiger partial charge in [0.1, 0.15) is 7.85 Å². The Morgan fingerprint density at radius 2 is 1.64 bits per heavy atom. The minimum absolute atomic E-state index is 0.252. The van der Waals surface area contributed by atoms with E-state index in [1.165, 1.54) is 0 Å². The van der Waals surface area contributed by atoms with E-state index in [-0.39, 0.29) is 5.46 Å². The highest BCUT2D eigenvalue weighted by Crippen LogP contribution is 2.47. The highest BCUT2D eigenvalue weighted by molar-refractivity contribution is 7.85. The molecule has 0 unspecified atom stereocenters. The van der Waals surface area contributed by atoms with Crippen molar-refractivity contribution in [1.82, 2.24) is 0 Å². The third-order valence-corrected chi connectivity index (χ3v) is 3.86. The van der Waals surface area contributed by atoms with Gasteiger partial charge < -0.3 is 9.29 Å². The predicted molar refractivity (Wildman–Crippen MR) is 71.7 cm³/mol. The maximum Gasteiger partial charge on any atom is 0.438 e. The molecule has 5 nitrogen and oxygen atoms in total. The normalized spacial score (nSPS) is 13.6. The molecular weight excluding hydrogens is 404 g/mol. The van der Waals surface area contributed by atoms with E-state index in [4.69, 9.17) is 19.4 Å². The van der Waals surface area contributed by atoms with Crippen LogP contribution in [0.5, 0.6) is 0 Å². The summed E-state index contributed by atoms with van der Waals surface area (Å²) in [6.07, 6.45) is -12.9. The van der Waals surface area contributed by atoms with Crippen LogP contribution >= 0.6 is 11.6 Å². The summed E-state index contributed by atoms with van der Waals surface area (Å²) in [7, 11) is -0.873. The number of hydrogen-bond acceptors (Lipinski definition) is 5. The highest BCUT2D eigenvalue weighted by atomic mass is 35.5. The summed E-state index contributed by atoms with van der Waals surface area (Å²) in [5.74, 6) is -5.37. The number of hydrogen-bond donors (Lipinski definition) is 0. The lowest BCUT2D eigenvalue weighted by Gasteiger charge is -2.36. The number of halogens is 7. The molecule has 0 aromatic heterocycles. The van der Waals surface area contributed by atoms with Gasteiger partial charge >= 0.3 is 23.9 Å². The molecule has 0 aliphatic heterocycles. The molecule has 1 aromatic rings. The second-order valence-electron chi connectivity index (χ2n) is 4.65. The van der Waals surface area contributed by atoms with E-state index in [2.05, 4.69) is 4.74 Å². The molecule has 0 saturated carbocycles. The molecule has 0 bridgehead atoms. The first kappa shape index (κ1) is 21.6. The van der Waals surface area contributed by atoms with Crippen molar-refractivity contribution in [1.29, 1.82) is 0 Å². The van der Waals surface area contributed by atoms with E-state index < -0.39 is 50.4 Å². The molecule has 25 heavy (non-hydrogen) atoms. The van der Waals surface area contributed by atoms with Crippen LogP contribution in [0.2, 0.25) is 5.02 Å². The van der Waals surface area contributed by atoms with Crippen molar-refractivity contribution in [2.45, 2.75) is 18.0 Å². The fourth-order valence-corrected chi connectivity index (χ4v) is 2.71. The maximum absolute atomic E-state index is 13.0. The summed E-state index contributed by atoms with van der Waals surface area (Å²) >= 11 is 5.48. The van der Waals surface area contributed by atoms with Crippen molar-refractivity contribution in [3.05, 3.63) is 28.8 Å². The van der Waals surface area contributed by atoms with E-state index in [1.54, 1.807) is 0 Å². The quantitative estimate of drug-likeness (QED) is 0.327. The lowest BCUT2D eigenvalue weighted by atomic mass is 9.94. The highest BCUT2D eigenvalue weighted by Gasteiger charge is 2.75. The van der Waals surface area contributed by atoms with Gasteiger partial charge in [-0.2, -0.15) is 26.3 Å². The van der Waals surface area contributed by atoms with Gasteiger partial charge in [0.25, 0.3) is 0 Å². The first-order chi connectivity index (χ1) is 11.0. The van der Waals surface area contributed by atoms with Crippen molar-refractivity contribution in [2.24, 2.45) is 0 Å². The molecule has 0 heterocycles. The molecule has 0 amide bonds. The third-order valence-electron chi connectivity index (χ3n) is 2.77. The fraction of sp³-hybridized carbons (Fsp3) is 0.364. The average molecular weight is 409 g/mol. The third kappa shape index (κ3) is 4.79. The van der Waals surface area contributed by atoms with Gasteiger partial charge in [-0.15, -0.1) is 0 Å². The number of carbonyl (C=O) groups is 1. The predicted octanol–water partition coefficient (Wildman–Crippen LogP) is 1.70. The molecule has 0 aliphatic rings. The first-order valence-corrected chi connectivity index (χ1v) is 7.81. The summed E-state index contributed by atoms with van der Waals surface area (Å²) < 4.78 is 113. The van der Waals surface area contributed by atoms with Gasteiger partial charge in [0.15, 0.2) is 0 Å². The molecule has 14 heteroatoms. The average Bonchev–Trinajstić information content (AvgIpc) is 2.36. The Kier molecular flexibility index (Phi) is 5.77. The molecule has 0 atom stereocenters. The second kappa shape index (κ2) is 6.69. The van der Waals surface area contributed by atoms with E-state index >= 15 is 0 Å². The van der Waals surface area contributed by atoms with Gasteiger partial charge in [-0.3, -0.25) is 0 Å². The van der Waals surface area contributed by atoms with Crippen LogP contribution < -0.4 is 5.46 Å². The molecule has 2 radical (unpaired) electrons. The molecule has 0 N–H and O–H groups in total. The van der Waals surface area contributed by atoms with Crippen molar-refractivity contribution in [3.8, 4) is 0 Å². The minimum atomic E-state index is -6.47. The zero-order valence-corrected chi connectivity index (χ0v) is 13.2. The van der Waals surface area contributed by atoms with Crippen LogP contribution in [-0.4, -0.2) is 50.5 Å². The zero-order valence-electron chi connectivity index (χ0n) is 11.6. The van der Waals surface area contributed by atoms with Crippen LogP contribution in [0.4, 0.5) is 26.3 Å². The first-order valence-electron chi connectivity index (χ1n) is 5.85. The Hall–Kier alpha value is -1.47. The monoisotopic (exact) mass is 409 g/mol. The number of rotatable bonds is 4. The topological polar surface area (TPSA) is 83.5 Å². The molecule has 1 aromatic carbocycles. The largest absolute Gasteiger partial charge is 0.748 e. The molecule has 0 fully saturated rings. The summed E-state index contributed by atoms with van der Waals surface area (Å²) in [5, 5.41) is -0.609. The Morgan fingerprint density at radius 1 is 1.16 bits per heavy atom. The molecule has 138 valence electrons. The van der Waals surface area contributed by atoms with Crippen LogP contribution in [0.25, 0.3) is 0 Å². The Labute approximate surface area is 143 Å². The SMILES string of the molecule is [B]c1ccc(Cl)c(C(=O)OC(CS(=O)(=O)[O-])(C(F)(F)F)C(F)(F)F)c1. The smallest absolute Gasteiger partial charge is 0.438 e. The second-order valence-corrected chi connectivity index (χ2v) is 6.46. The van der Waals surface area contributed by atoms with Crippen LogP contribution in [0.3, 0.4) is 0 Å². The lowest BCUT2D eigenvalue weighted by Crippen LogP contribution is -2.63. The van der Waals surface area contributed by atoms with E-state index in [0.29, 0.717) is 6.07 Å². The van der Waals surface area contributed by atoms with E-state index in [0.717, 1.165) is 12.1 Å². The van der Waals surface area contributed by atoms with E-state index in [1.807, 2.05) is 0 Å². The number of benzene rings is 1. The van der Waals surface area contributed by atoms with Crippen LogP contribution in [0.1, 0.15) is 10.4 Å². The maximum atomic E-state index is 13.0. The van der Waals surface area contributed by atoms with Gasteiger partial charge in [-0.1, -0.05) is 29.2 Å². The van der Waals surface area contributed by atoms with Crippen LogP contribution in [0.15, 0.2) is 18.2 Å². The summed E-state index contributed by atoms with van der Waals surface area (Å²) in [6.45, 7) is 0. The summed E-state index contributed by atoms with van der Waals surface area (Å²) in [6, 6.07) is 2.59. The number of carbonyl (C=O) groups excluding carboxylic acids is 1. The molecular formula is C11H5BClF6O5S-. The van der Waals surface area contributed by atoms with Crippen molar-refractivity contribution >= 4 is 41.0 Å². The van der Waals surface area contributed by atoms with Gasteiger partial charge in [-0.25, -0.2) is 13.2 Å². The summed E-state index contributed by atoms with van der Waals surface area (Å²) in [5.41, 5.74) is -6.81. The molecule has 1 rings (SSSR count). The molecule has 0 aliphatic carbocycles. The van der Waals surface area contributed by atoms with Gasteiger partial charge in [-0.05, 0) is 6.07 Å². The molecule has 0 spiro atoms. The van der Waals surface area contributed by atoms with Gasteiger partial charge in [0.05, 0.1) is 26.5 Å². The van der Waals surface area contributed by atoms with Crippen molar-refractivity contribution in [2.75, 3.05) is 5.75 Å². The number of alkyl halides is 6. The zero-order chi connectivity index (χ0) is 19.8. The minimum Gasteiger partial charge on any atom is -0.748 e. The number of esters is 1. The fourth-order valence-electron chi connectivity index (χ4n) is 1.63. The molecule has 0 saturated heterocycles. The Balaban J connectivity index is 3.53. The standard InChI is InChI=1S/C11H6BClF6O5S/c12-5-1-2-7(13)6(3-5)8(20)24-9(10(14,15)16,11(17,18)19)4-25(21,22)23/h1-3H,4H2,(H,21,22,23)/p-1. The summed E-state index contributed by atoms with van der Waals surface area (Å²) in [4.78, 5) is 11.8. The lowest BCUT2D eigenvalue weighted by molar-refractivity contribution is -0.356. The van der Waals surface area contributed by atoms with Crippen molar-refractivity contribution < 1.29 is 48.8 Å². The van der Waals surface area contributed by atoms with Crippen LogP contribution in [-0.2, 0) is 14.9 Å². The van der Waals surface area contributed by atoms with Gasteiger partial charge in [0, 0.05) is 0 Å². The Morgan fingerprint density at radius 3 is 2.04 bits per heavy atom. The number of ether oxygens (including phenoxy) is 1. The van der Waals surface area contributed by atoms with E-state index in [9.17, 15) is 44.1 Å². The Bertz CT molecular complexity index is 762.